The first kappa shape index (κ1) is 23.2. The minimum atomic E-state index is -0.287. The van der Waals surface area contributed by atoms with Crippen molar-refractivity contribution in [2.24, 2.45) is 5.73 Å². The third-order valence-corrected chi connectivity index (χ3v) is 5.99. The Morgan fingerprint density at radius 3 is 2.50 bits per heavy atom. The lowest BCUT2D eigenvalue weighted by Crippen LogP contribution is -2.15. The average molecular weight is 479 g/mol. The van der Waals surface area contributed by atoms with Gasteiger partial charge in [-0.15, -0.1) is 0 Å². The third kappa shape index (κ3) is 4.54. The van der Waals surface area contributed by atoms with E-state index in [0.29, 0.717) is 34.8 Å². The van der Waals surface area contributed by atoms with Crippen LogP contribution in [-0.2, 0) is 6.54 Å². The van der Waals surface area contributed by atoms with Gasteiger partial charge in [0.05, 0.1) is 31.3 Å². The van der Waals surface area contributed by atoms with Crippen LogP contribution in [-0.4, -0.2) is 39.2 Å². The molecule has 0 unspecified atom stereocenters. The summed E-state index contributed by atoms with van der Waals surface area (Å²) in [6.45, 7) is 2.33. The molecular formula is C28H26N6O2. The predicted molar refractivity (Wildman–Crippen MR) is 141 cm³/mol. The summed E-state index contributed by atoms with van der Waals surface area (Å²) in [5, 5.41) is 8.48. The van der Waals surface area contributed by atoms with Crippen LogP contribution in [0.4, 0.5) is 11.5 Å². The molecule has 0 saturated heterocycles. The van der Waals surface area contributed by atoms with Crippen LogP contribution in [0.2, 0.25) is 0 Å². The summed E-state index contributed by atoms with van der Waals surface area (Å²) in [7, 11) is 1.61. The van der Waals surface area contributed by atoms with Gasteiger partial charge in [-0.2, -0.15) is 5.10 Å². The van der Waals surface area contributed by atoms with Crippen LogP contribution in [0.5, 0.6) is 5.75 Å². The molecule has 180 valence electrons. The molecule has 0 radical (unpaired) electrons. The van der Waals surface area contributed by atoms with Crippen molar-refractivity contribution in [2.75, 3.05) is 19.0 Å². The molecule has 0 aliphatic rings. The number of benzene rings is 3. The van der Waals surface area contributed by atoms with E-state index in [0.717, 1.165) is 16.7 Å². The predicted octanol–water partition coefficient (Wildman–Crippen LogP) is 4.74. The van der Waals surface area contributed by atoms with Crippen LogP contribution in [0.25, 0.3) is 22.2 Å². The maximum Gasteiger partial charge on any atom is 0.197 e. The Kier molecular flexibility index (Phi) is 6.42. The van der Waals surface area contributed by atoms with Gasteiger partial charge in [-0.25, -0.2) is 14.6 Å². The number of nitrogens with zero attached hydrogens (tertiary/aromatic N) is 4. The van der Waals surface area contributed by atoms with E-state index in [-0.39, 0.29) is 18.0 Å². The van der Waals surface area contributed by atoms with Crippen molar-refractivity contribution < 1.29 is 9.53 Å². The SMILES string of the molecule is COc1ccc(-c2ccccc2)cc1Nc1ncnc2c1c(C(=O)CN)nn2Cc1ccc(C)cc1. The fraction of sp³-hybridized carbons (Fsp3) is 0.143. The summed E-state index contributed by atoms with van der Waals surface area (Å²) in [5.74, 6) is 0.807. The van der Waals surface area contributed by atoms with Gasteiger partial charge in [0, 0.05) is 0 Å². The average Bonchev–Trinajstić information content (AvgIpc) is 3.29. The van der Waals surface area contributed by atoms with Crippen LogP contribution >= 0.6 is 0 Å². The van der Waals surface area contributed by atoms with Gasteiger partial charge in [-0.05, 0) is 35.7 Å². The third-order valence-electron chi connectivity index (χ3n) is 5.99. The minimum absolute atomic E-state index is 0.169. The van der Waals surface area contributed by atoms with Crippen LogP contribution in [0.15, 0.2) is 79.1 Å². The Morgan fingerprint density at radius 2 is 1.78 bits per heavy atom. The van der Waals surface area contributed by atoms with E-state index in [1.54, 1.807) is 11.8 Å². The number of ketones is 1. The van der Waals surface area contributed by atoms with Gasteiger partial charge in [0.2, 0.25) is 0 Å². The molecule has 0 saturated carbocycles. The monoisotopic (exact) mass is 478 g/mol. The summed E-state index contributed by atoms with van der Waals surface area (Å²) in [4.78, 5) is 21.7. The van der Waals surface area contributed by atoms with Crippen molar-refractivity contribution in [2.45, 2.75) is 13.5 Å². The molecule has 2 heterocycles. The molecule has 0 aliphatic carbocycles. The second-order valence-corrected chi connectivity index (χ2v) is 8.45. The number of carbonyl (C=O) groups is 1. The Morgan fingerprint density at radius 1 is 1.00 bits per heavy atom. The highest BCUT2D eigenvalue weighted by Gasteiger charge is 2.22. The molecule has 0 aliphatic heterocycles. The van der Waals surface area contributed by atoms with Gasteiger partial charge in [0.25, 0.3) is 0 Å². The highest BCUT2D eigenvalue weighted by atomic mass is 16.5. The first-order chi connectivity index (χ1) is 17.6. The van der Waals surface area contributed by atoms with Crippen molar-refractivity contribution in [1.82, 2.24) is 19.7 Å². The molecule has 3 aromatic carbocycles. The second kappa shape index (κ2) is 9.97. The number of Topliss-reactive ketones (excluding diaryl/α,β-unsaturated/α-hetero) is 1. The first-order valence-electron chi connectivity index (χ1n) is 11.6. The molecule has 0 spiro atoms. The molecule has 3 N–H and O–H groups in total. The first-order valence-corrected chi connectivity index (χ1v) is 11.6. The number of nitrogens with one attached hydrogen (secondary N) is 1. The van der Waals surface area contributed by atoms with Crippen LogP contribution in [0, 0.1) is 6.92 Å². The Bertz CT molecular complexity index is 1530. The molecule has 0 fully saturated rings. The summed E-state index contributed by atoms with van der Waals surface area (Å²) in [6.07, 6.45) is 1.46. The topological polar surface area (TPSA) is 108 Å². The van der Waals surface area contributed by atoms with Crippen molar-refractivity contribution in [3.05, 3.63) is 95.9 Å². The highest BCUT2D eigenvalue weighted by molar-refractivity contribution is 6.10. The molecule has 0 bridgehead atoms. The van der Waals surface area contributed by atoms with Gasteiger partial charge in [0.15, 0.2) is 11.4 Å². The normalized spacial score (nSPS) is 11.0. The van der Waals surface area contributed by atoms with Gasteiger partial charge in [0.1, 0.15) is 23.6 Å². The highest BCUT2D eigenvalue weighted by Crippen LogP contribution is 2.34. The summed E-state index contributed by atoms with van der Waals surface area (Å²) in [5.41, 5.74) is 11.5. The van der Waals surface area contributed by atoms with E-state index in [1.165, 1.54) is 11.9 Å². The number of rotatable bonds is 8. The minimum Gasteiger partial charge on any atom is -0.495 e. The second-order valence-electron chi connectivity index (χ2n) is 8.45. The van der Waals surface area contributed by atoms with E-state index in [1.807, 2.05) is 79.7 Å². The van der Waals surface area contributed by atoms with Gasteiger partial charge >= 0.3 is 0 Å². The number of hydrogen-bond acceptors (Lipinski definition) is 7. The fourth-order valence-corrected chi connectivity index (χ4v) is 4.11. The molecule has 2 aromatic heterocycles. The van der Waals surface area contributed by atoms with Crippen molar-refractivity contribution >= 4 is 28.3 Å². The molecular weight excluding hydrogens is 452 g/mol. The van der Waals surface area contributed by atoms with Gasteiger partial charge < -0.3 is 15.8 Å². The van der Waals surface area contributed by atoms with Gasteiger partial charge in [-0.3, -0.25) is 4.79 Å². The quantitative estimate of drug-likeness (QED) is 0.310. The number of fused-ring (bicyclic) bond motifs is 1. The number of aryl methyl sites for hydroxylation is 1. The van der Waals surface area contributed by atoms with E-state index in [9.17, 15) is 4.79 Å². The fourth-order valence-electron chi connectivity index (χ4n) is 4.11. The number of hydrogen-bond donors (Lipinski definition) is 2. The van der Waals surface area contributed by atoms with Gasteiger partial charge in [-0.1, -0.05) is 66.2 Å². The maximum absolute atomic E-state index is 12.8. The van der Waals surface area contributed by atoms with E-state index in [4.69, 9.17) is 10.5 Å². The zero-order valence-corrected chi connectivity index (χ0v) is 20.1. The molecule has 8 heteroatoms. The Labute approximate surface area is 208 Å². The number of carbonyl (C=O) groups excluding carboxylic acids is 1. The molecule has 36 heavy (non-hydrogen) atoms. The molecule has 5 rings (SSSR count). The zero-order valence-electron chi connectivity index (χ0n) is 20.1. The summed E-state index contributed by atoms with van der Waals surface area (Å²) < 4.78 is 7.32. The molecule has 5 aromatic rings. The summed E-state index contributed by atoms with van der Waals surface area (Å²) >= 11 is 0. The maximum atomic E-state index is 12.8. The lowest BCUT2D eigenvalue weighted by Gasteiger charge is -2.13. The van der Waals surface area contributed by atoms with E-state index in [2.05, 4.69) is 20.4 Å². The lowest BCUT2D eigenvalue weighted by atomic mass is 10.0. The molecule has 0 atom stereocenters. The lowest BCUT2D eigenvalue weighted by molar-refractivity contribution is 0.0997. The van der Waals surface area contributed by atoms with Crippen LogP contribution < -0.4 is 15.8 Å². The zero-order chi connectivity index (χ0) is 25.1. The number of anilines is 2. The number of aromatic nitrogens is 4. The number of nitrogens with two attached hydrogens (primary N) is 1. The van der Waals surface area contributed by atoms with Crippen molar-refractivity contribution in [3.8, 4) is 16.9 Å². The van der Waals surface area contributed by atoms with Crippen LogP contribution in [0.1, 0.15) is 21.6 Å². The van der Waals surface area contributed by atoms with Crippen molar-refractivity contribution in [1.29, 1.82) is 0 Å². The van der Waals surface area contributed by atoms with E-state index < -0.39 is 0 Å². The Balaban J connectivity index is 1.60. The number of methoxy groups -OCH3 is 1. The smallest absolute Gasteiger partial charge is 0.197 e. The largest absolute Gasteiger partial charge is 0.495 e. The molecule has 0 amide bonds. The van der Waals surface area contributed by atoms with Crippen molar-refractivity contribution in [3.63, 3.8) is 0 Å². The Hall–Kier alpha value is -4.56. The summed E-state index contributed by atoms with van der Waals surface area (Å²) in [6, 6.07) is 24.1. The van der Waals surface area contributed by atoms with Crippen LogP contribution in [0.3, 0.4) is 0 Å². The van der Waals surface area contributed by atoms with E-state index >= 15 is 0 Å². The molecule has 8 nitrogen and oxygen atoms in total. The number of ether oxygens (including phenoxy) is 1. The standard InChI is InChI=1S/C28H26N6O2/c1-18-8-10-19(11-9-18)16-34-28-25(26(33-34)23(35)15-29)27(30-17-31-28)32-22-14-21(12-13-24(22)36-2)20-6-4-3-5-7-20/h3-14,17H,15-16,29H2,1-2H3,(H,30,31,32).